The molecule has 3 N–H and O–H groups in total. The van der Waals surface area contributed by atoms with Gasteiger partial charge in [0.15, 0.2) is 12.2 Å². The van der Waals surface area contributed by atoms with E-state index in [0.717, 1.165) is 108 Å². The molecule has 0 aromatic heterocycles. The number of unbranched alkanes of at least 4 members (excludes halogenated alkanes) is 37. The molecule has 0 aromatic carbocycles. The van der Waals surface area contributed by atoms with Crippen LogP contribution in [0.25, 0.3) is 0 Å². The molecule has 19 heteroatoms. The van der Waals surface area contributed by atoms with Crippen molar-refractivity contribution in [2.75, 3.05) is 39.6 Å². The third-order valence-corrected chi connectivity index (χ3v) is 19.6. The first-order valence-corrected chi connectivity index (χ1v) is 41.7. The van der Waals surface area contributed by atoms with Crippen molar-refractivity contribution in [2.45, 2.75) is 395 Å². The number of esters is 4. The number of hydrogen-bond donors (Lipinski definition) is 3. The maximum atomic E-state index is 13.1. The fourth-order valence-corrected chi connectivity index (χ4v) is 12.9. The van der Waals surface area contributed by atoms with Crippen molar-refractivity contribution in [3.05, 3.63) is 0 Å². The highest BCUT2D eigenvalue weighted by Crippen LogP contribution is 2.45. The molecule has 4 unspecified atom stereocenters. The SMILES string of the molecule is CCC(C)CCCCCCCCCCCCCCCCCCCCC(=O)O[C@H](COC(=O)CCCCCCCCCCCC(C)C)COP(=O)(O)OCC(O)COP(=O)(O)OC[C@@H](COC(=O)CCCCCCCCCC(C)C)OC(=O)CCCCCCCCCC(C)C. The van der Waals surface area contributed by atoms with Crippen LogP contribution in [0.4, 0.5) is 0 Å². The Morgan fingerprint density at radius 3 is 0.755 bits per heavy atom. The standard InChI is InChI=1S/C75H146O17P2/c1-9-68(8)54-46-38-30-22-18-16-14-12-10-11-13-15-17-19-23-32-41-49-57-74(79)91-70(61-85-72(77)55-47-39-31-24-20-21-27-35-43-51-65(2)3)63-89-93(81,82)87-59-69(76)60-88-94(83,84)90-64-71(92-75(80)58-50-42-34-26-29-37-45-53-67(6)7)62-86-73(78)56-48-40-33-25-28-36-44-52-66(4)5/h65-71,76H,9-64H2,1-8H3,(H,81,82)(H,83,84)/t68?,69?,70-,71-/m1/s1. The van der Waals surface area contributed by atoms with Gasteiger partial charge in [-0.15, -0.1) is 0 Å². The minimum atomic E-state index is -4.96. The minimum Gasteiger partial charge on any atom is -0.462 e. The van der Waals surface area contributed by atoms with Crippen LogP contribution >= 0.6 is 15.6 Å². The molecular weight excluding hydrogens is 1230 g/mol. The quantitative estimate of drug-likeness (QED) is 0.0222. The Morgan fingerprint density at radius 1 is 0.298 bits per heavy atom. The van der Waals surface area contributed by atoms with Crippen LogP contribution in [0.3, 0.4) is 0 Å². The molecule has 0 amide bonds. The predicted octanol–water partition coefficient (Wildman–Crippen LogP) is 21.7. The number of hydrogen-bond acceptors (Lipinski definition) is 15. The van der Waals surface area contributed by atoms with E-state index in [1.54, 1.807) is 0 Å². The summed E-state index contributed by atoms with van der Waals surface area (Å²) >= 11 is 0. The van der Waals surface area contributed by atoms with Crippen molar-refractivity contribution in [3.8, 4) is 0 Å². The van der Waals surface area contributed by atoms with E-state index in [-0.39, 0.29) is 25.7 Å². The lowest BCUT2D eigenvalue weighted by Gasteiger charge is -2.21. The first kappa shape index (κ1) is 92.1. The van der Waals surface area contributed by atoms with Gasteiger partial charge in [0.1, 0.15) is 19.3 Å². The number of aliphatic hydroxyl groups is 1. The summed E-state index contributed by atoms with van der Waals surface area (Å²) in [4.78, 5) is 72.6. The van der Waals surface area contributed by atoms with Gasteiger partial charge in [-0.1, -0.05) is 325 Å². The number of ether oxygens (including phenoxy) is 4. The van der Waals surface area contributed by atoms with E-state index in [0.29, 0.717) is 37.5 Å². The Bertz CT molecular complexity index is 1850. The molecule has 0 aliphatic heterocycles. The fourth-order valence-electron chi connectivity index (χ4n) is 11.3. The summed E-state index contributed by atoms with van der Waals surface area (Å²) < 4.78 is 68.4. The summed E-state index contributed by atoms with van der Waals surface area (Å²) in [5.74, 6) is 0.888. The van der Waals surface area contributed by atoms with Gasteiger partial charge >= 0.3 is 39.5 Å². The van der Waals surface area contributed by atoms with Gasteiger partial charge in [-0.3, -0.25) is 37.3 Å². The van der Waals surface area contributed by atoms with E-state index in [9.17, 15) is 43.2 Å². The molecule has 0 spiro atoms. The molecule has 17 nitrogen and oxygen atoms in total. The van der Waals surface area contributed by atoms with Crippen LogP contribution in [0.5, 0.6) is 0 Å². The number of phosphoric acid groups is 2. The molecule has 0 bridgehead atoms. The van der Waals surface area contributed by atoms with E-state index < -0.39 is 97.5 Å². The summed E-state index contributed by atoms with van der Waals surface area (Å²) in [5, 5.41) is 10.6. The largest absolute Gasteiger partial charge is 0.472 e. The molecule has 0 aliphatic carbocycles. The van der Waals surface area contributed by atoms with Gasteiger partial charge < -0.3 is 33.8 Å². The zero-order valence-corrected chi connectivity index (χ0v) is 63.4. The number of rotatable bonds is 72. The normalized spacial score (nSPS) is 14.4. The van der Waals surface area contributed by atoms with E-state index in [1.165, 1.54) is 173 Å². The smallest absolute Gasteiger partial charge is 0.462 e. The molecule has 0 radical (unpaired) electrons. The maximum absolute atomic E-state index is 13.1. The van der Waals surface area contributed by atoms with Crippen LogP contribution in [0.15, 0.2) is 0 Å². The summed E-state index contributed by atoms with van der Waals surface area (Å²) in [6, 6.07) is 0. The summed E-state index contributed by atoms with van der Waals surface area (Å²) in [6.45, 7) is 14.1. The average molecular weight is 1380 g/mol. The van der Waals surface area contributed by atoms with Crippen molar-refractivity contribution >= 4 is 39.5 Å². The number of carbonyl (C=O) groups is 4. The lowest BCUT2D eigenvalue weighted by Crippen LogP contribution is -2.30. The Labute approximate surface area is 575 Å². The van der Waals surface area contributed by atoms with E-state index in [1.807, 2.05) is 0 Å². The third-order valence-electron chi connectivity index (χ3n) is 17.7. The Hall–Kier alpha value is -1.94. The van der Waals surface area contributed by atoms with Gasteiger partial charge in [0.2, 0.25) is 0 Å². The van der Waals surface area contributed by atoms with Crippen LogP contribution in [0.2, 0.25) is 0 Å². The van der Waals surface area contributed by atoms with Crippen LogP contribution in [0.1, 0.15) is 376 Å². The molecule has 94 heavy (non-hydrogen) atoms. The van der Waals surface area contributed by atoms with Gasteiger partial charge in [-0.05, 0) is 49.4 Å². The highest BCUT2D eigenvalue weighted by atomic mass is 31.2. The second-order valence-electron chi connectivity index (χ2n) is 28.7. The van der Waals surface area contributed by atoms with Crippen molar-refractivity contribution < 1.29 is 80.2 Å². The van der Waals surface area contributed by atoms with Crippen molar-refractivity contribution in [1.29, 1.82) is 0 Å². The van der Waals surface area contributed by atoms with Crippen molar-refractivity contribution in [2.24, 2.45) is 23.7 Å². The van der Waals surface area contributed by atoms with Crippen LogP contribution in [-0.2, 0) is 65.4 Å². The topological polar surface area (TPSA) is 237 Å². The average Bonchev–Trinajstić information content (AvgIpc) is 1.14. The maximum Gasteiger partial charge on any atom is 0.472 e. The molecule has 0 saturated heterocycles. The second kappa shape index (κ2) is 64.4. The lowest BCUT2D eigenvalue weighted by atomic mass is 9.99. The van der Waals surface area contributed by atoms with Crippen molar-refractivity contribution in [3.63, 3.8) is 0 Å². The molecule has 6 atom stereocenters. The second-order valence-corrected chi connectivity index (χ2v) is 31.6. The molecule has 0 saturated carbocycles. The van der Waals surface area contributed by atoms with Gasteiger partial charge in [0, 0.05) is 25.7 Å². The number of carbonyl (C=O) groups excluding carboxylic acids is 4. The molecule has 0 heterocycles. The van der Waals surface area contributed by atoms with Crippen molar-refractivity contribution in [1.82, 2.24) is 0 Å². The van der Waals surface area contributed by atoms with E-state index in [4.69, 9.17) is 37.0 Å². The summed E-state index contributed by atoms with van der Waals surface area (Å²) in [6.07, 6.45) is 48.9. The molecular formula is C75H146O17P2. The number of aliphatic hydroxyl groups excluding tert-OH is 1. The van der Waals surface area contributed by atoms with Gasteiger partial charge in [-0.25, -0.2) is 9.13 Å². The van der Waals surface area contributed by atoms with E-state index >= 15 is 0 Å². The molecule has 0 aliphatic rings. The first-order valence-electron chi connectivity index (χ1n) is 38.7. The minimum absolute atomic E-state index is 0.102. The van der Waals surface area contributed by atoms with Gasteiger partial charge in [0.05, 0.1) is 26.4 Å². The number of phosphoric ester groups is 2. The van der Waals surface area contributed by atoms with E-state index in [2.05, 4.69) is 55.4 Å². The van der Waals surface area contributed by atoms with Crippen LogP contribution in [-0.4, -0.2) is 96.7 Å². The van der Waals surface area contributed by atoms with Gasteiger partial charge in [0.25, 0.3) is 0 Å². The summed E-state index contributed by atoms with van der Waals surface area (Å²) in [7, 11) is -9.91. The molecule has 558 valence electrons. The Morgan fingerprint density at radius 2 is 0.511 bits per heavy atom. The summed E-state index contributed by atoms with van der Waals surface area (Å²) in [5.41, 5.74) is 0. The fraction of sp³-hybridized carbons (Fsp3) is 0.947. The zero-order chi connectivity index (χ0) is 69.6. The Balaban J connectivity index is 5.17. The highest BCUT2D eigenvalue weighted by molar-refractivity contribution is 7.47. The molecule has 0 aromatic rings. The predicted molar refractivity (Wildman–Crippen MR) is 381 cm³/mol. The van der Waals surface area contributed by atoms with Crippen LogP contribution in [0, 0.1) is 23.7 Å². The Kier molecular flexibility index (Phi) is 63.1. The zero-order valence-electron chi connectivity index (χ0n) is 61.6. The molecule has 0 rings (SSSR count). The first-order chi connectivity index (χ1) is 45.1. The monoisotopic (exact) mass is 1380 g/mol. The lowest BCUT2D eigenvalue weighted by molar-refractivity contribution is -0.161. The van der Waals surface area contributed by atoms with Crippen LogP contribution < -0.4 is 0 Å². The third kappa shape index (κ3) is 67.3. The molecule has 0 fully saturated rings. The highest BCUT2D eigenvalue weighted by Gasteiger charge is 2.30. The van der Waals surface area contributed by atoms with Gasteiger partial charge in [-0.2, -0.15) is 0 Å².